The van der Waals surface area contributed by atoms with Gasteiger partial charge in [-0.1, -0.05) is 41.0 Å². The molecule has 5 nitrogen and oxygen atoms in total. The molecule has 0 amide bonds. The summed E-state index contributed by atoms with van der Waals surface area (Å²) in [5.41, 5.74) is 8.00. The number of hydrogen-bond donors (Lipinski definition) is 2. The van der Waals surface area contributed by atoms with E-state index in [0.717, 1.165) is 11.3 Å². The van der Waals surface area contributed by atoms with Gasteiger partial charge in [0.1, 0.15) is 0 Å². The summed E-state index contributed by atoms with van der Waals surface area (Å²) >= 11 is 5.95. The molecular formula is C12H13ClN4O. The number of hydrogen-bond acceptors (Lipinski definition) is 3. The highest BCUT2D eigenvalue weighted by Gasteiger charge is 2.08. The summed E-state index contributed by atoms with van der Waals surface area (Å²) in [7, 11) is 0. The smallest absolute Gasteiger partial charge is 0.170 e. The third kappa shape index (κ3) is 2.46. The maximum atomic E-state index is 8.75. The van der Waals surface area contributed by atoms with Crippen molar-refractivity contribution >= 4 is 17.4 Å². The van der Waals surface area contributed by atoms with E-state index in [0.29, 0.717) is 17.1 Å². The number of benzene rings is 1. The molecule has 94 valence electrons. The van der Waals surface area contributed by atoms with Crippen LogP contribution >= 0.6 is 11.6 Å². The van der Waals surface area contributed by atoms with Crippen LogP contribution in [0.15, 0.2) is 35.6 Å². The Labute approximate surface area is 109 Å². The number of aromatic nitrogens is 2. The summed E-state index contributed by atoms with van der Waals surface area (Å²) in [4.78, 5) is 0. The van der Waals surface area contributed by atoms with Gasteiger partial charge in [-0.2, -0.15) is 5.10 Å². The van der Waals surface area contributed by atoms with Crippen LogP contribution in [0.4, 0.5) is 0 Å². The number of rotatable bonds is 3. The summed E-state index contributed by atoms with van der Waals surface area (Å²) in [6.07, 6.45) is 1.75. The van der Waals surface area contributed by atoms with E-state index < -0.39 is 0 Å². The van der Waals surface area contributed by atoms with E-state index in [1.54, 1.807) is 16.9 Å². The van der Waals surface area contributed by atoms with Crippen LogP contribution in [0.5, 0.6) is 0 Å². The Morgan fingerprint density at radius 2 is 2.22 bits per heavy atom. The van der Waals surface area contributed by atoms with E-state index >= 15 is 0 Å². The van der Waals surface area contributed by atoms with Crippen molar-refractivity contribution < 1.29 is 5.21 Å². The van der Waals surface area contributed by atoms with Gasteiger partial charge in [0.15, 0.2) is 5.84 Å². The van der Waals surface area contributed by atoms with Crippen LogP contribution in [-0.2, 0) is 6.54 Å². The van der Waals surface area contributed by atoms with Crippen molar-refractivity contribution in [2.24, 2.45) is 10.9 Å². The van der Waals surface area contributed by atoms with Crippen LogP contribution in [0.1, 0.15) is 16.8 Å². The second kappa shape index (κ2) is 5.10. The minimum Gasteiger partial charge on any atom is -0.409 e. The highest BCUT2D eigenvalue weighted by Crippen LogP contribution is 2.15. The molecule has 1 aromatic carbocycles. The summed E-state index contributed by atoms with van der Waals surface area (Å²) in [5, 5.41) is 16.7. The Bertz CT molecular complexity index is 572. The number of amidine groups is 1. The van der Waals surface area contributed by atoms with Gasteiger partial charge in [0.05, 0.1) is 17.3 Å². The lowest BCUT2D eigenvalue weighted by molar-refractivity contribution is 0.318. The molecule has 0 fully saturated rings. The SMILES string of the molecule is Cc1nn(Cc2ccccc2C(N)=NO)cc1Cl. The molecule has 1 heterocycles. The fraction of sp³-hybridized carbons (Fsp3) is 0.167. The first kappa shape index (κ1) is 12.4. The third-order valence-corrected chi connectivity index (χ3v) is 2.99. The van der Waals surface area contributed by atoms with Crippen molar-refractivity contribution in [2.45, 2.75) is 13.5 Å². The Hall–Kier alpha value is -2.01. The zero-order chi connectivity index (χ0) is 13.1. The van der Waals surface area contributed by atoms with Crippen molar-refractivity contribution in [3.8, 4) is 0 Å². The first-order valence-corrected chi connectivity index (χ1v) is 5.75. The second-order valence-electron chi connectivity index (χ2n) is 3.90. The van der Waals surface area contributed by atoms with Crippen LogP contribution in [0.25, 0.3) is 0 Å². The lowest BCUT2D eigenvalue weighted by atomic mass is 10.1. The van der Waals surface area contributed by atoms with Crippen LogP contribution in [0, 0.1) is 6.92 Å². The van der Waals surface area contributed by atoms with Crippen LogP contribution in [-0.4, -0.2) is 20.8 Å². The van der Waals surface area contributed by atoms with E-state index in [1.807, 2.05) is 25.1 Å². The number of halogens is 1. The topological polar surface area (TPSA) is 76.4 Å². The summed E-state index contributed by atoms with van der Waals surface area (Å²) in [6, 6.07) is 7.42. The van der Waals surface area contributed by atoms with Crippen LogP contribution in [0.2, 0.25) is 5.02 Å². The van der Waals surface area contributed by atoms with Crippen molar-refractivity contribution in [3.05, 3.63) is 52.3 Å². The van der Waals surface area contributed by atoms with Crippen molar-refractivity contribution in [1.82, 2.24) is 9.78 Å². The van der Waals surface area contributed by atoms with Gasteiger partial charge < -0.3 is 10.9 Å². The van der Waals surface area contributed by atoms with Gasteiger partial charge in [-0.05, 0) is 12.5 Å². The van der Waals surface area contributed by atoms with Crippen molar-refractivity contribution in [2.75, 3.05) is 0 Å². The lowest BCUT2D eigenvalue weighted by Crippen LogP contribution is -2.16. The highest BCUT2D eigenvalue weighted by atomic mass is 35.5. The number of aryl methyl sites for hydroxylation is 1. The molecular weight excluding hydrogens is 252 g/mol. The van der Waals surface area contributed by atoms with E-state index in [2.05, 4.69) is 10.3 Å². The van der Waals surface area contributed by atoms with E-state index in [9.17, 15) is 0 Å². The molecule has 2 rings (SSSR count). The molecule has 3 N–H and O–H groups in total. The van der Waals surface area contributed by atoms with Crippen LogP contribution < -0.4 is 5.73 Å². The van der Waals surface area contributed by atoms with Gasteiger partial charge in [0.2, 0.25) is 0 Å². The molecule has 0 aliphatic heterocycles. The number of nitrogens with two attached hydrogens (primary N) is 1. The van der Waals surface area contributed by atoms with E-state index in [1.165, 1.54) is 0 Å². The molecule has 0 bridgehead atoms. The number of oxime groups is 1. The monoisotopic (exact) mass is 264 g/mol. The zero-order valence-electron chi connectivity index (χ0n) is 9.84. The fourth-order valence-electron chi connectivity index (χ4n) is 1.71. The Kier molecular flexibility index (Phi) is 3.53. The van der Waals surface area contributed by atoms with Gasteiger partial charge in [0.25, 0.3) is 0 Å². The summed E-state index contributed by atoms with van der Waals surface area (Å²) < 4.78 is 1.72. The average molecular weight is 265 g/mol. The molecule has 0 saturated heterocycles. The highest BCUT2D eigenvalue weighted by molar-refractivity contribution is 6.31. The standard InChI is InChI=1S/C12H13ClN4O/c1-8-11(13)7-17(15-8)6-9-4-2-3-5-10(9)12(14)16-18/h2-5,7,18H,6H2,1H3,(H2,14,16). The molecule has 1 aromatic heterocycles. The first-order valence-electron chi connectivity index (χ1n) is 5.37. The molecule has 6 heteroatoms. The van der Waals surface area contributed by atoms with Gasteiger partial charge in [-0.3, -0.25) is 4.68 Å². The molecule has 18 heavy (non-hydrogen) atoms. The predicted molar refractivity (Wildman–Crippen MR) is 70.0 cm³/mol. The zero-order valence-corrected chi connectivity index (χ0v) is 10.6. The molecule has 0 aliphatic carbocycles. The molecule has 0 radical (unpaired) electrons. The quantitative estimate of drug-likeness (QED) is 0.385. The van der Waals surface area contributed by atoms with E-state index in [4.69, 9.17) is 22.5 Å². The second-order valence-corrected chi connectivity index (χ2v) is 4.31. The molecule has 0 spiro atoms. The third-order valence-electron chi connectivity index (χ3n) is 2.62. The lowest BCUT2D eigenvalue weighted by Gasteiger charge is -2.07. The van der Waals surface area contributed by atoms with E-state index in [-0.39, 0.29) is 5.84 Å². The minimum absolute atomic E-state index is 0.0839. The van der Waals surface area contributed by atoms with Gasteiger partial charge in [-0.25, -0.2) is 0 Å². The Balaban J connectivity index is 2.34. The molecule has 0 saturated carbocycles. The van der Waals surface area contributed by atoms with Crippen molar-refractivity contribution in [1.29, 1.82) is 0 Å². The van der Waals surface area contributed by atoms with Crippen molar-refractivity contribution in [3.63, 3.8) is 0 Å². The first-order chi connectivity index (χ1) is 8.61. The van der Waals surface area contributed by atoms with Gasteiger partial charge in [0, 0.05) is 11.8 Å². The summed E-state index contributed by atoms with van der Waals surface area (Å²) in [5.74, 6) is 0.0839. The largest absolute Gasteiger partial charge is 0.409 e. The molecule has 0 unspecified atom stereocenters. The van der Waals surface area contributed by atoms with Gasteiger partial charge in [-0.15, -0.1) is 0 Å². The normalized spacial score (nSPS) is 11.8. The molecule has 2 aromatic rings. The average Bonchev–Trinajstić information content (AvgIpc) is 2.68. The molecule has 0 atom stereocenters. The molecule has 0 aliphatic rings. The maximum Gasteiger partial charge on any atom is 0.170 e. The van der Waals surface area contributed by atoms with Gasteiger partial charge >= 0.3 is 0 Å². The predicted octanol–water partition coefficient (Wildman–Crippen LogP) is 1.99. The summed E-state index contributed by atoms with van der Waals surface area (Å²) in [6.45, 7) is 2.36. The maximum absolute atomic E-state index is 8.75. The Morgan fingerprint density at radius 3 is 2.83 bits per heavy atom. The minimum atomic E-state index is 0.0839. The Morgan fingerprint density at radius 1 is 1.50 bits per heavy atom. The number of nitrogens with zero attached hydrogens (tertiary/aromatic N) is 3. The van der Waals surface area contributed by atoms with Crippen LogP contribution in [0.3, 0.4) is 0 Å². The fourth-order valence-corrected chi connectivity index (χ4v) is 1.86.